The fourth-order valence-electron chi connectivity index (χ4n) is 1.94. The molecule has 0 radical (unpaired) electrons. The van der Waals surface area contributed by atoms with Gasteiger partial charge in [0.25, 0.3) is 0 Å². The minimum atomic E-state index is 0.0280. The number of hydrogen-bond donors (Lipinski definition) is 1. The van der Waals surface area contributed by atoms with Crippen LogP contribution in [0.4, 0.5) is 10.9 Å². The van der Waals surface area contributed by atoms with Crippen molar-refractivity contribution in [2.24, 2.45) is 0 Å². The Bertz CT molecular complexity index is 788. The molecule has 3 aromatic rings. The molecule has 118 valence electrons. The molecule has 23 heavy (non-hydrogen) atoms. The lowest BCUT2D eigenvalue weighted by molar-refractivity contribution is 0.222. The first kappa shape index (κ1) is 15.4. The predicted octanol–water partition coefficient (Wildman–Crippen LogP) is 3.83. The van der Waals surface area contributed by atoms with E-state index in [1.165, 1.54) is 11.3 Å². The number of nitrogens with zero attached hydrogens (tertiary/aromatic N) is 4. The minimum Gasteiger partial charge on any atom is -0.461 e. The highest BCUT2D eigenvalue weighted by Crippen LogP contribution is 2.29. The molecule has 3 heterocycles. The van der Waals surface area contributed by atoms with Crippen molar-refractivity contribution >= 4 is 22.3 Å². The average Bonchev–Trinajstić information content (AvgIpc) is 2.95. The molecule has 3 rings (SSSR count). The van der Waals surface area contributed by atoms with E-state index in [1.807, 2.05) is 45.0 Å². The smallest absolute Gasteiger partial charge is 0.318 e. The summed E-state index contributed by atoms with van der Waals surface area (Å²) < 4.78 is 5.56. The van der Waals surface area contributed by atoms with Crippen LogP contribution in [-0.4, -0.2) is 26.0 Å². The molecule has 7 heteroatoms. The average molecular weight is 327 g/mol. The lowest BCUT2D eigenvalue weighted by atomic mass is 10.3. The van der Waals surface area contributed by atoms with Gasteiger partial charge in [0.05, 0.1) is 16.7 Å². The summed E-state index contributed by atoms with van der Waals surface area (Å²) in [5.74, 6) is 0.662. The quantitative estimate of drug-likeness (QED) is 0.767. The van der Waals surface area contributed by atoms with E-state index in [0.717, 1.165) is 21.4 Å². The molecule has 0 aliphatic heterocycles. The maximum atomic E-state index is 5.56. The fourth-order valence-corrected chi connectivity index (χ4v) is 2.74. The number of hydrogen-bond acceptors (Lipinski definition) is 7. The lowest BCUT2D eigenvalue weighted by Gasteiger charge is -2.10. The summed E-state index contributed by atoms with van der Waals surface area (Å²) in [5.41, 5.74) is 1.74. The highest BCUT2D eigenvalue weighted by Gasteiger charge is 2.09. The monoisotopic (exact) mass is 327 g/mol. The van der Waals surface area contributed by atoms with Crippen LogP contribution in [0.15, 0.2) is 36.7 Å². The Labute approximate surface area is 138 Å². The zero-order chi connectivity index (χ0) is 16.2. The summed E-state index contributed by atoms with van der Waals surface area (Å²) in [4.78, 5) is 18.3. The second kappa shape index (κ2) is 6.70. The van der Waals surface area contributed by atoms with Gasteiger partial charge in [0.2, 0.25) is 0 Å². The molecule has 0 aliphatic carbocycles. The van der Waals surface area contributed by atoms with Crippen molar-refractivity contribution in [3.05, 3.63) is 42.4 Å². The second-order valence-electron chi connectivity index (χ2n) is 5.21. The largest absolute Gasteiger partial charge is 0.461 e. The normalized spacial score (nSPS) is 10.8. The molecule has 0 aromatic carbocycles. The molecule has 0 atom stereocenters. The summed E-state index contributed by atoms with van der Waals surface area (Å²) in [6, 6.07) is 8.03. The molecule has 3 aromatic heterocycles. The molecule has 1 N–H and O–H groups in total. The van der Waals surface area contributed by atoms with Crippen molar-refractivity contribution in [3.8, 4) is 16.6 Å². The molecule has 0 aliphatic rings. The Morgan fingerprint density at radius 2 is 2.04 bits per heavy atom. The molecule has 0 unspecified atom stereocenters. The Morgan fingerprint density at radius 3 is 2.78 bits per heavy atom. The van der Waals surface area contributed by atoms with Crippen LogP contribution < -0.4 is 10.1 Å². The topological polar surface area (TPSA) is 72.8 Å². The first-order valence-electron chi connectivity index (χ1n) is 7.27. The maximum Gasteiger partial charge on any atom is 0.318 e. The molecule has 0 spiro atoms. The number of aromatic nitrogens is 4. The number of rotatable bonds is 5. The van der Waals surface area contributed by atoms with Gasteiger partial charge in [-0.1, -0.05) is 17.4 Å². The number of aryl methyl sites for hydroxylation is 1. The number of nitrogens with one attached hydrogen (secondary N) is 1. The SMILES string of the molecule is Cc1cc(Nc2ncc(-c3ccccn3)s2)nc(OC(C)C)n1. The van der Waals surface area contributed by atoms with Crippen LogP contribution >= 0.6 is 11.3 Å². The molecular weight excluding hydrogens is 310 g/mol. The van der Waals surface area contributed by atoms with Gasteiger partial charge in [0.15, 0.2) is 5.13 Å². The predicted molar refractivity (Wildman–Crippen MR) is 91.2 cm³/mol. The third-order valence-corrected chi connectivity index (χ3v) is 3.77. The number of anilines is 2. The van der Waals surface area contributed by atoms with Gasteiger partial charge in [-0.15, -0.1) is 0 Å². The highest BCUT2D eigenvalue weighted by molar-refractivity contribution is 7.18. The number of ether oxygens (including phenoxy) is 1. The third-order valence-electron chi connectivity index (χ3n) is 2.83. The summed E-state index contributed by atoms with van der Waals surface area (Å²) >= 11 is 1.52. The summed E-state index contributed by atoms with van der Waals surface area (Å²) in [6.45, 7) is 5.79. The molecule has 0 saturated carbocycles. The molecule has 0 bridgehead atoms. The summed E-state index contributed by atoms with van der Waals surface area (Å²) in [7, 11) is 0. The first-order chi connectivity index (χ1) is 11.1. The van der Waals surface area contributed by atoms with E-state index in [1.54, 1.807) is 12.4 Å². The van der Waals surface area contributed by atoms with E-state index in [-0.39, 0.29) is 6.10 Å². The zero-order valence-corrected chi connectivity index (χ0v) is 14.0. The van der Waals surface area contributed by atoms with Crippen LogP contribution in [0, 0.1) is 6.92 Å². The Hall–Kier alpha value is -2.54. The molecule has 0 fully saturated rings. The molecular formula is C16H17N5OS. The van der Waals surface area contributed by atoms with E-state index in [9.17, 15) is 0 Å². The van der Waals surface area contributed by atoms with Gasteiger partial charge in [0, 0.05) is 24.2 Å². The minimum absolute atomic E-state index is 0.0280. The van der Waals surface area contributed by atoms with E-state index >= 15 is 0 Å². The van der Waals surface area contributed by atoms with Crippen molar-refractivity contribution < 1.29 is 4.74 Å². The van der Waals surface area contributed by atoms with Gasteiger partial charge in [-0.2, -0.15) is 4.98 Å². The number of thiazole rings is 1. The molecule has 6 nitrogen and oxygen atoms in total. The fraction of sp³-hybridized carbons (Fsp3) is 0.250. The lowest BCUT2D eigenvalue weighted by Crippen LogP contribution is -2.09. The highest BCUT2D eigenvalue weighted by atomic mass is 32.1. The van der Waals surface area contributed by atoms with Crippen molar-refractivity contribution in [2.75, 3.05) is 5.32 Å². The van der Waals surface area contributed by atoms with Crippen LogP contribution in [0.5, 0.6) is 6.01 Å². The van der Waals surface area contributed by atoms with Gasteiger partial charge < -0.3 is 10.1 Å². The van der Waals surface area contributed by atoms with Gasteiger partial charge in [0.1, 0.15) is 5.82 Å². The van der Waals surface area contributed by atoms with Gasteiger partial charge in [-0.3, -0.25) is 4.98 Å². The summed E-state index contributed by atoms with van der Waals surface area (Å²) in [5, 5.41) is 3.95. The van der Waals surface area contributed by atoms with E-state index in [4.69, 9.17) is 4.74 Å². The summed E-state index contributed by atoms with van der Waals surface area (Å²) in [6.07, 6.45) is 3.60. The van der Waals surface area contributed by atoms with Gasteiger partial charge in [-0.25, -0.2) is 9.97 Å². The van der Waals surface area contributed by atoms with Gasteiger partial charge >= 0.3 is 6.01 Å². The van der Waals surface area contributed by atoms with Crippen LogP contribution in [0.2, 0.25) is 0 Å². The van der Waals surface area contributed by atoms with Crippen LogP contribution in [0.1, 0.15) is 19.5 Å². The third kappa shape index (κ3) is 4.01. The molecule has 0 amide bonds. The van der Waals surface area contributed by atoms with E-state index < -0.39 is 0 Å². The van der Waals surface area contributed by atoms with Crippen molar-refractivity contribution in [2.45, 2.75) is 26.9 Å². The standard InChI is InChI=1S/C16H17N5OS/c1-10(2)22-15-19-11(3)8-14(20-15)21-16-18-9-13(23-16)12-6-4-5-7-17-12/h4-10H,1-3H3,(H,18,19,20,21). The second-order valence-corrected chi connectivity index (χ2v) is 6.24. The van der Waals surface area contributed by atoms with Crippen molar-refractivity contribution in [1.29, 1.82) is 0 Å². The van der Waals surface area contributed by atoms with Crippen LogP contribution in [-0.2, 0) is 0 Å². The molecule has 0 saturated heterocycles. The Kier molecular flexibility index (Phi) is 4.47. The van der Waals surface area contributed by atoms with Crippen molar-refractivity contribution in [1.82, 2.24) is 19.9 Å². The first-order valence-corrected chi connectivity index (χ1v) is 8.08. The number of pyridine rings is 1. The Morgan fingerprint density at radius 1 is 1.17 bits per heavy atom. The maximum absolute atomic E-state index is 5.56. The van der Waals surface area contributed by atoms with E-state index in [2.05, 4.69) is 25.3 Å². The Balaban J connectivity index is 1.80. The van der Waals surface area contributed by atoms with Crippen molar-refractivity contribution in [3.63, 3.8) is 0 Å². The van der Waals surface area contributed by atoms with Crippen LogP contribution in [0.25, 0.3) is 10.6 Å². The van der Waals surface area contributed by atoms with E-state index in [0.29, 0.717) is 11.8 Å². The van der Waals surface area contributed by atoms with Crippen LogP contribution in [0.3, 0.4) is 0 Å². The zero-order valence-electron chi connectivity index (χ0n) is 13.1. The van der Waals surface area contributed by atoms with Gasteiger partial charge in [-0.05, 0) is 32.9 Å².